The second-order valence-corrected chi connectivity index (χ2v) is 4.12. The van der Waals surface area contributed by atoms with Gasteiger partial charge in [-0.1, -0.05) is 0 Å². The minimum Gasteiger partial charge on any atom is -0.387 e. The quantitative estimate of drug-likeness (QED) is 0.507. The fourth-order valence-corrected chi connectivity index (χ4v) is 2.20. The molecule has 68 valence electrons. The number of epoxide rings is 1. The maximum absolute atomic E-state index is 9.61. The van der Waals surface area contributed by atoms with Crippen LogP contribution < -0.4 is 0 Å². The Morgan fingerprint density at radius 3 is 2.33 bits per heavy atom. The van der Waals surface area contributed by atoms with Gasteiger partial charge in [-0.15, -0.1) is 0 Å². The lowest BCUT2D eigenvalue weighted by molar-refractivity contribution is -0.158. The molecule has 0 bridgehead atoms. The molecule has 3 rings (SSSR count). The Morgan fingerprint density at radius 1 is 1.00 bits per heavy atom. The number of hydrogen-bond donors (Lipinski definition) is 1. The van der Waals surface area contributed by atoms with Gasteiger partial charge in [-0.3, -0.25) is 0 Å². The van der Waals surface area contributed by atoms with Gasteiger partial charge in [-0.25, -0.2) is 0 Å². The minimum absolute atomic E-state index is 0.0314. The summed E-state index contributed by atoms with van der Waals surface area (Å²) in [6.07, 6.45) is -0.687. The summed E-state index contributed by atoms with van der Waals surface area (Å²) in [5.74, 6) is -0.562. The summed E-state index contributed by atoms with van der Waals surface area (Å²) in [6.45, 7) is 3.71. The topological polar surface area (TPSA) is 51.2 Å². The van der Waals surface area contributed by atoms with Crippen LogP contribution in [0.5, 0.6) is 0 Å². The normalized spacial score (nSPS) is 59.8. The number of aliphatic hydroxyl groups is 1. The van der Waals surface area contributed by atoms with Gasteiger partial charge in [0.15, 0.2) is 5.79 Å². The molecule has 4 heteroatoms. The van der Waals surface area contributed by atoms with Gasteiger partial charge in [0.05, 0.1) is 0 Å². The minimum atomic E-state index is -0.562. The molecular formula is C8H12O4. The zero-order valence-electron chi connectivity index (χ0n) is 7.06. The highest BCUT2D eigenvalue weighted by Crippen LogP contribution is 2.48. The van der Waals surface area contributed by atoms with Crippen LogP contribution in [0.25, 0.3) is 0 Å². The SMILES string of the molecule is CC1(C)O[C@@H]2[C@H]3O[C@H]3[C@H](O)[C@@H]2O1. The predicted octanol–water partition coefficient (Wildman–Crippen LogP) is -0.352. The molecular weight excluding hydrogens is 160 g/mol. The maximum Gasteiger partial charge on any atom is 0.164 e. The van der Waals surface area contributed by atoms with Gasteiger partial charge in [-0.05, 0) is 13.8 Å². The van der Waals surface area contributed by atoms with Crippen molar-refractivity contribution in [2.24, 2.45) is 0 Å². The van der Waals surface area contributed by atoms with Crippen molar-refractivity contribution in [1.29, 1.82) is 0 Å². The summed E-state index contributed by atoms with van der Waals surface area (Å²) in [7, 11) is 0. The molecule has 0 aromatic rings. The molecule has 1 saturated carbocycles. The van der Waals surface area contributed by atoms with E-state index in [-0.39, 0.29) is 24.4 Å². The molecule has 2 saturated heterocycles. The van der Waals surface area contributed by atoms with Gasteiger partial charge in [0, 0.05) is 0 Å². The van der Waals surface area contributed by atoms with Crippen molar-refractivity contribution in [3.8, 4) is 0 Å². The zero-order valence-corrected chi connectivity index (χ0v) is 7.06. The second kappa shape index (κ2) is 1.85. The van der Waals surface area contributed by atoms with Crippen molar-refractivity contribution >= 4 is 0 Å². The van der Waals surface area contributed by atoms with Crippen molar-refractivity contribution in [3.63, 3.8) is 0 Å². The van der Waals surface area contributed by atoms with Crippen LogP contribution >= 0.6 is 0 Å². The van der Waals surface area contributed by atoms with Crippen LogP contribution in [0.3, 0.4) is 0 Å². The van der Waals surface area contributed by atoms with Gasteiger partial charge < -0.3 is 19.3 Å². The fourth-order valence-electron chi connectivity index (χ4n) is 2.20. The zero-order chi connectivity index (χ0) is 8.51. The number of fused-ring (bicyclic) bond motifs is 3. The van der Waals surface area contributed by atoms with Crippen LogP contribution in [-0.4, -0.2) is 41.4 Å². The number of ether oxygens (including phenoxy) is 3. The van der Waals surface area contributed by atoms with Gasteiger partial charge in [0.1, 0.15) is 30.5 Å². The Kier molecular flexibility index (Phi) is 1.12. The summed E-state index contributed by atoms with van der Waals surface area (Å²) in [5.41, 5.74) is 0. The Balaban J connectivity index is 1.86. The molecule has 12 heavy (non-hydrogen) atoms. The van der Waals surface area contributed by atoms with Crippen molar-refractivity contribution < 1.29 is 19.3 Å². The molecule has 0 aromatic carbocycles. The first kappa shape index (κ1) is 7.26. The fraction of sp³-hybridized carbons (Fsp3) is 1.00. The second-order valence-electron chi connectivity index (χ2n) is 4.12. The molecule has 0 aromatic heterocycles. The van der Waals surface area contributed by atoms with Crippen LogP contribution in [0.1, 0.15) is 13.8 Å². The van der Waals surface area contributed by atoms with Crippen molar-refractivity contribution in [2.75, 3.05) is 0 Å². The van der Waals surface area contributed by atoms with Crippen molar-refractivity contribution in [1.82, 2.24) is 0 Å². The van der Waals surface area contributed by atoms with Crippen LogP contribution in [-0.2, 0) is 14.2 Å². The summed E-state index contributed by atoms with van der Waals surface area (Å²) < 4.78 is 16.3. The lowest BCUT2D eigenvalue weighted by Crippen LogP contribution is -2.33. The third-order valence-electron chi connectivity index (χ3n) is 2.72. The molecule has 1 aliphatic carbocycles. The molecule has 5 atom stereocenters. The van der Waals surface area contributed by atoms with Gasteiger partial charge >= 0.3 is 0 Å². The van der Waals surface area contributed by atoms with E-state index in [1.807, 2.05) is 13.8 Å². The summed E-state index contributed by atoms with van der Waals surface area (Å²) in [6, 6.07) is 0. The molecule has 3 aliphatic rings. The van der Waals surface area contributed by atoms with E-state index in [9.17, 15) is 5.11 Å². The van der Waals surface area contributed by atoms with Crippen LogP contribution in [0, 0.1) is 0 Å². The average Bonchev–Trinajstić information content (AvgIpc) is 2.62. The lowest BCUT2D eigenvalue weighted by atomic mass is 10.2. The molecule has 0 unspecified atom stereocenters. The smallest absolute Gasteiger partial charge is 0.164 e. The van der Waals surface area contributed by atoms with E-state index in [0.717, 1.165) is 0 Å². The van der Waals surface area contributed by atoms with Crippen LogP contribution in [0.2, 0.25) is 0 Å². The molecule has 3 fully saturated rings. The standard InChI is InChI=1S/C8H12O4/c1-8(2)11-5-3(9)4-6(10-4)7(5)12-8/h3-7,9H,1-2H3/t3-,4-,5-,6-,7-/m0/s1. The van der Waals surface area contributed by atoms with Crippen LogP contribution in [0.4, 0.5) is 0 Å². The van der Waals surface area contributed by atoms with E-state index in [1.165, 1.54) is 0 Å². The molecule has 0 spiro atoms. The van der Waals surface area contributed by atoms with Crippen molar-refractivity contribution in [3.05, 3.63) is 0 Å². The lowest BCUT2D eigenvalue weighted by Gasteiger charge is -2.18. The van der Waals surface area contributed by atoms with E-state index >= 15 is 0 Å². The first-order valence-corrected chi connectivity index (χ1v) is 4.28. The van der Waals surface area contributed by atoms with E-state index in [1.54, 1.807) is 0 Å². The average molecular weight is 172 g/mol. The highest BCUT2D eigenvalue weighted by atomic mass is 16.8. The first-order valence-electron chi connectivity index (χ1n) is 4.28. The summed E-state index contributed by atoms with van der Waals surface area (Å²) in [5, 5.41) is 9.61. The Hall–Kier alpha value is -0.160. The van der Waals surface area contributed by atoms with E-state index in [2.05, 4.69) is 0 Å². The van der Waals surface area contributed by atoms with Gasteiger partial charge in [0.2, 0.25) is 0 Å². The summed E-state index contributed by atoms with van der Waals surface area (Å²) >= 11 is 0. The number of rotatable bonds is 0. The largest absolute Gasteiger partial charge is 0.387 e. The predicted molar refractivity (Wildman–Crippen MR) is 38.5 cm³/mol. The van der Waals surface area contributed by atoms with Gasteiger partial charge in [-0.2, -0.15) is 0 Å². The molecule has 0 radical (unpaired) electrons. The molecule has 4 nitrogen and oxygen atoms in total. The summed E-state index contributed by atoms with van der Waals surface area (Å²) in [4.78, 5) is 0. The first-order chi connectivity index (χ1) is 5.58. The van der Waals surface area contributed by atoms with Crippen LogP contribution in [0.15, 0.2) is 0 Å². The third-order valence-corrected chi connectivity index (χ3v) is 2.72. The Labute approximate surface area is 70.4 Å². The third kappa shape index (κ3) is 0.758. The van der Waals surface area contributed by atoms with Gasteiger partial charge in [0.25, 0.3) is 0 Å². The highest BCUT2D eigenvalue weighted by Gasteiger charge is 2.67. The molecule has 2 heterocycles. The highest BCUT2D eigenvalue weighted by molar-refractivity contribution is 5.13. The molecule has 2 aliphatic heterocycles. The van der Waals surface area contributed by atoms with Crippen molar-refractivity contribution in [2.45, 2.75) is 50.2 Å². The molecule has 0 amide bonds. The monoisotopic (exact) mass is 172 g/mol. The van der Waals surface area contributed by atoms with E-state index < -0.39 is 11.9 Å². The Morgan fingerprint density at radius 2 is 1.67 bits per heavy atom. The number of hydrogen-bond acceptors (Lipinski definition) is 4. The molecule has 1 N–H and O–H groups in total. The van der Waals surface area contributed by atoms with E-state index in [0.29, 0.717) is 0 Å². The van der Waals surface area contributed by atoms with E-state index in [4.69, 9.17) is 14.2 Å². The Bertz CT molecular complexity index is 219. The maximum atomic E-state index is 9.61. The number of aliphatic hydroxyl groups excluding tert-OH is 1.